The van der Waals surface area contributed by atoms with Gasteiger partial charge in [-0.25, -0.2) is 0 Å². The zero-order valence-corrected chi connectivity index (χ0v) is 11.0. The topological polar surface area (TPSA) is 20.2 Å². The molecule has 1 aromatic rings. The van der Waals surface area contributed by atoms with E-state index < -0.39 is 8.80 Å². The summed E-state index contributed by atoms with van der Waals surface area (Å²) in [5.74, 6) is 0. The molecule has 0 aromatic heterocycles. The van der Waals surface area contributed by atoms with E-state index in [1.54, 1.807) is 0 Å². The Morgan fingerprint density at radius 1 is 1.38 bits per heavy atom. The summed E-state index contributed by atoms with van der Waals surface area (Å²) in [6.07, 6.45) is 1.29. The Morgan fingerprint density at radius 3 is 2.50 bits per heavy atom. The molecule has 0 aliphatic carbocycles. The summed E-state index contributed by atoms with van der Waals surface area (Å²) in [5.41, 5.74) is 4.17. The van der Waals surface area contributed by atoms with Gasteiger partial charge in [0.25, 0.3) is 0 Å². The van der Waals surface area contributed by atoms with Crippen LogP contribution in [0.1, 0.15) is 12.0 Å². The number of aryl methyl sites for hydroxylation is 1. The Morgan fingerprint density at radius 2 is 2.00 bits per heavy atom. The van der Waals surface area contributed by atoms with Gasteiger partial charge in [0.1, 0.15) is 0 Å². The molecule has 0 aliphatic heterocycles. The predicted octanol–water partition coefficient (Wildman–Crippen LogP) is 2.99. The molecule has 1 atom stereocenters. The van der Waals surface area contributed by atoms with Crippen LogP contribution >= 0.6 is 0 Å². The molecule has 1 aromatic carbocycles. The number of rotatable bonds is 5. The summed E-state index contributed by atoms with van der Waals surface area (Å²) in [4.78, 5) is 0. The zero-order valence-electron chi connectivity index (χ0n) is 10.0. The molecule has 1 radical (unpaired) electrons. The highest BCUT2D eigenvalue weighted by molar-refractivity contribution is 6.64. The van der Waals surface area contributed by atoms with Gasteiger partial charge in [-0.2, -0.15) is 0 Å². The third kappa shape index (κ3) is 3.82. The average Bonchev–Trinajstić information content (AvgIpc) is 2.28. The van der Waals surface area contributed by atoms with Crippen molar-refractivity contribution in [2.45, 2.75) is 32.0 Å². The summed E-state index contributed by atoms with van der Waals surface area (Å²) in [7, 11) is -0.633. The normalized spacial score (nSPS) is 12.2. The van der Waals surface area contributed by atoms with Crippen molar-refractivity contribution in [3.63, 3.8) is 0 Å². The summed E-state index contributed by atoms with van der Waals surface area (Å²) in [6, 6.07) is 10.2. The molecule has 1 nitrogen and oxygen atoms in total. The van der Waals surface area contributed by atoms with E-state index in [1.165, 1.54) is 5.56 Å². The van der Waals surface area contributed by atoms with Crippen LogP contribution < -0.4 is 0 Å². The second-order valence-electron chi connectivity index (χ2n) is 4.13. The van der Waals surface area contributed by atoms with Gasteiger partial charge in [-0.3, -0.25) is 0 Å². The van der Waals surface area contributed by atoms with E-state index in [1.807, 2.05) is 18.2 Å². The highest BCUT2D eigenvalue weighted by Gasteiger charge is 2.14. The maximum Gasteiger partial charge on any atom is 0.0876 e. The van der Waals surface area contributed by atoms with E-state index in [0.29, 0.717) is 0 Å². The van der Waals surface area contributed by atoms with E-state index >= 15 is 0 Å². The van der Waals surface area contributed by atoms with Crippen LogP contribution in [0.25, 0.3) is 0 Å². The lowest BCUT2D eigenvalue weighted by atomic mass is 10.1. The van der Waals surface area contributed by atoms with Crippen molar-refractivity contribution in [3.05, 3.63) is 53.4 Å². The molecule has 0 amide bonds. The molecule has 0 aliphatic rings. The van der Waals surface area contributed by atoms with Crippen molar-refractivity contribution >= 4 is 8.80 Å². The Hall–Kier alpha value is -1.08. The summed E-state index contributed by atoms with van der Waals surface area (Å²) < 4.78 is 0. The van der Waals surface area contributed by atoms with Crippen molar-refractivity contribution in [1.29, 1.82) is 0 Å². The first-order chi connectivity index (χ1) is 7.65. The molecule has 2 heteroatoms. The minimum atomic E-state index is -0.633. The van der Waals surface area contributed by atoms with E-state index in [4.69, 9.17) is 0 Å². The second kappa shape index (κ2) is 6.49. The molecule has 1 rings (SSSR count). The van der Waals surface area contributed by atoms with E-state index in [2.05, 4.69) is 37.5 Å². The molecular formula is C14H19OSi. The molecule has 0 bridgehead atoms. The number of hydrogen-bond donors (Lipinski definition) is 1. The SMILES string of the molecule is C=C=C([C@H](O)CCc1ccccc1)[Si](C)C. The average molecular weight is 231 g/mol. The van der Waals surface area contributed by atoms with Crippen LogP contribution in [0.3, 0.4) is 0 Å². The molecule has 0 spiro atoms. The lowest BCUT2D eigenvalue weighted by Gasteiger charge is -2.15. The number of hydrogen-bond acceptors (Lipinski definition) is 1. The summed E-state index contributed by atoms with van der Waals surface area (Å²) in [6.45, 7) is 7.98. The number of aliphatic hydroxyl groups excluding tert-OH is 1. The van der Waals surface area contributed by atoms with Crippen molar-refractivity contribution in [3.8, 4) is 0 Å². The number of aliphatic hydroxyl groups is 1. The molecule has 0 saturated carbocycles. The van der Waals surface area contributed by atoms with Crippen molar-refractivity contribution in [2.24, 2.45) is 0 Å². The van der Waals surface area contributed by atoms with E-state index in [9.17, 15) is 5.11 Å². The molecule has 16 heavy (non-hydrogen) atoms. The van der Waals surface area contributed by atoms with Crippen LogP contribution in [0.4, 0.5) is 0 Å². The standard InChI is InChI=1S/C14H19OSi/c1-4-14(16(2)3)13(15)11-10-12-8-6-5-7-9-12/h5-9,13,15H,1,10-11H2,2-3H3/t13-/m1/s1. The molecule has 1 N–H and O–H groups in total. The maximum absolute atomic E-state index is 10.0. The van der Waals surface area contributed by atoms with Gasteiger partial charge >= 0.3 is 0 Å². The van der Waals surface area contributed by atoms with Crippen LogP contribution in [-0.4, -0.2) is 20.0 Å². The smallest absolute Gasteiger partial charge is 0.0876 e. The molecule has 0 heterocycles. The van der Waals surface area contributed by atoms with Gasteiger partial charge in [0.15, 0.2) is 0 Å². The van der Waals surface area contributed by atoms with Crippen LogP contribution in [0, 0.1) is 0 Å². The molecule has 0 saturated heterocycles. The fraction of sp³-hybridized carbons (Fsp3) is 0.357. The highest BCUT2D eigenvalue weighted by atomic mass is 28.3. The minimum Gasteiger partial charge on any atom is -0.389 e. The van der Waals surface area contributed by atoms with Gasteiger partial charge in [0.05, 0.1) is 14.9 Å². The Kier molecular flexibility index (Phi) is 5.27. The van der Waals surface area contributed by atoms with Gasteiger partial charge in [0, 0.05) is 0 Å². The summed E-state index contributed by atoms with van der Waals surface area (Å²) in [5, 5.41) is 11.0. The highest BCUT2D eigenvalue weighted by Crippen LogP contribution is 2.12. The van der Waals surface area contributed by atoms with Gasteiger partial charge in [-0.1, -0.05) is 50.0 Å². The summed E-state index contributed by atoms with van der Waals surface area (Å²) >= 11 is 0. The lowest BCUT2D eigenvalue weighted by Crippen LogP contribution is -2.20. The first-order valence-corrected chi connectivity index (χ1v) is 8.07. The number of benzene rings is 1. The van der Waals surface area contributed by atoms with Crippen LogP contribution in [0.5, 0.6) is 0 Å². The van der Waals surface area contributed by atoms with Crippen molar-refractivity contribution in [2.75, 3.05) is 0 Å². The van der Waals surface area contributed by atoms with Crippen LogP contribution in [0.2, 0.25) is 13.1 Å². The molecule has 0 unspecified atom stereocenters. The van der Waals surface area contributed by atoms with Gasteiger partial charge in [0.2, 0.25) is 0 Å². The maximum atomic E-state index is 10.0. The quantitative estimate of drug-likeness (QED) is 0.610. The monoisotopic (exact) mass is 231 g/mol. The third-order valence-electron chi connectivity index (χ3n) is 2.61. The molecule has 0 fully saturated rings. The Balaban J connectivity index is 2.53. The van der Waals surface area contributed by atoms with Crippen molar-refractivity contribution < 1.29 is 5.11 Å². The Bertz CT molecular complexity index is 364. The molecule has 85 valence electrons. The van der Waals surface area contributed by atoms with E-state index in [0.717, 1.165) is 18.0 Å². The predicted molar refractivity (Wildman–Crippen MR) is 70.9 cm³/mol. The minimum absolute atomic E-state index is 0.374. The van der Waals surface area contributed by atoms with Gasteiger partial charge < -0.3 is 5.11 Å². The largest absolute Gasteiger partial charge is 0.389 e. The first kappa shape index (κ1) is 13.0. The van der Waals surface area contributed by atoms with Crippen LogP contribution in [-0.2, 0) is 6.42 Å². The first-order valence-electron chi connectivity index (χ1n) is 5.57. The van der Waals surface area contributed by atoms with Crippen LogP contribution in [0.15, 0.2) is 47.8 Å². The second-order valence-corrected chi connectivity index (χ2v) is 6.67. The Labute approximate surface area is 99.7 Å². The fourth-order valence-corrected chi connectivity index (χ4v) is 2.88. The third-order valence-corrected chi connectivity index (χ3v) is 4.20. The van der Waals surface area contributed by atoms with Crippen molar-refractivity contribution in [1.82, 2.24) is 0 Å². The van der Waals surface area contributed by atoms with Gasteiger partial charge in [-0.15, -0.1) is 5.73 Å². The lowest BCUT2D eigenvalue weighted by molar-refractivity contribution is 0.208. The molecular weight excluding hydrogens is 212 g/mol. The fourth-order valence-electron chi connectivity index (χ4n) is 1.72. The zero-order chi connectivity index (χ0) is 12.0. The van der Waals surface area contributed by atoms with E-state index in [-0.39, 0.29) is 6.10 Å². The van der Waals surface area contributed by atoms with Gasteiger partial charge in [-0.05, 0) is 23.6 Å².